The molecule has 0 rings (SSSR count). The minimum atomic E-state index is -1.57. The Morgan fingerprint density at radius 1 is 0.781 bits per heavy atom. The highest BCUT2D eigenvalue weighted by Crippen LogP contribution is 2.07. The number of amides is 3. The molecule has 3 amide bonds. The van der Waals surface area contributed by atoms with Crippen LogP contribution in [0.3, 0.4) is 0 Å². The molecule has 13 heteroatoms. The first-order valence-electron chi connectivity index (χ1n) is 10.1. The normalized spacial score (nSPS) is 16.8. The van der Waals surface area contributed by atoms with Crippen molar-refractivity contribution in [2.45, 2.75) is 83.3 Å². The number of nitrogens with two attached hydrogens (primary N) is 1. The second-order valence-electron chi connectivity index (χ2n) is 8.02. The average molecular weight is 463 g/mol. The van der Waals surface area contributed by atoms with Crippen LogP contribution in [0.5, 0.6) is 0 Å². The zero-order chi connectivity index (χ0) is 25.2. The number of aliphatic hydroxyl groups is 2. The number of carbonyl (C=O) groups excluding carboxylic acids is 3. The van der Waals surface area contributed by atoms with Crippen LogP contribution in [0.2, 0.25) is 0 Å². The van der Waals surface area contributed by atoms with Crippen molar-refractivity contribution in [3.05, 3.63) is 0 Å². The number of hydrogen-bond donors (Lipinski definition) is 8. The number of rotatable bonds is 14. The van der Waals surface area contributed by atoms with E-state index in [0.29, 0.717) is 0 Å². The van der Waals surface area contributed by atoms with Crippen LogP contribution < -0.4 is 21.7 Å². The third-order valence-corrected chi connectivity index (χ3v) is 4.45. The molecule has 0 aliphatic carbocycles. The number of aliphatic carboxylic acids is 2. The Balaban J connectivity index is 5.31. The van der Waals surface area contributed by atoms with Crippen molar-refractivity contribution in [2.24, 2.45) is 11.7 Å². The third-order valence-electron chi connectivity index (χ3n) is 4.45. The van der Waals surface area contributed by atoms with Crippen LogP contribution in [0.4, 0.5) is 0 Å². The zero-order valence-electron chi connectivity index (χ0n) is 18.6. The highest BCUT2D eigenvalue weighted by atomic mass is 16.4. The molecular weight excluding hydrogens is 428 g/mol. The molecular formula is C19H34N4O9. The second-order valence-corrected chi connectivity index (χ2v) is 8.02. The molecule has 32 heavy (non-hydrogen) atoms. The van der Waals surface area contributed by atoms with Crippen LogP contribution in [0.25, 0.3) is 0 Å². The Morgan fingerprint density at radius 3 is 1.59 bits per heavy atom. The number of hydrogen-bond acceptors (Lipinski definition) is 8. The Kier molecular flexibility index (Phi) is 12.4. The minimum Gasteiger partial charge on any atom is -0.481 e. The van der Waals surface area contributed by atoms with Gasteiger partial charge in [-0.3, -0.25) is 19.2 Å². The fraction of sp³-hybridized carbons (Fsp3) is 0.737. The summed E-state index contributed by atoms with van der Waals surface area (Å²) < 4.78 is 0. The summed E-state index contributed by atoms with van der Waals surface area (Å²) >= 11 is 0. The predicted octanol–water partition coefficient (Wildman–Crippen LogP) is -2.47. The predicted molar refractivity (Wildman–Crippen MR) is 111 cm³/mol. The Hall–Kier alpha value is -2.77. The second kappa shape index (κ2) is 13.6. The van der Waals surface area contributed by atoms with E-state index in [2.05, 4.69) is 16.0 Å². The maximum atomic E-state index is 12.6. The van der Waals surface area contributed by atoms with Crippen molar-refractivity contribution in [1.29, 1.82) is 0 Å². The minimum absolute atomic E-state index is 0.0591. The summed E-state index contributed by atoms with van der Waals surface area (Å²) in [5, 5.41) is 44.4. The quantitative estimate of drug-likeness (QED) is 0.135. The largest absolute Gasteiger partial charge is 0.481 e. The summed E-state index contributed by atoms with van der Waals surface area (Å²) in [5.41, 5.74) is 5.59. The van der Waals surface area contributed by atoms with E-state index in [4.69, 9.17) is 10.8 Å². The standard InChI is InChI=1S/C19H34N4O9/c1-8(2)7-12(19(31)32)21-17(29)14(9(3)24)23-18(30)15(10(4)25)22-16(28)11(20)5-6-13(26)27/h8-12,14-15,24-25H,5-7,20H2,1-4H3,(H,21,29)(H,22,28)(H,23,30)(H,26,27)(H,31,32). The molecule has 6 unspecified atom stereocenters. The fourth-order valence-corrected chi connectivity index (χ4v) is 2.68. The molecule has 0 spiro atoms. The molecule has 184 valence electrons. The molecule has 0 aliphatic heterocycles. The van der Waals surface area contributed by atoms with Crippen LogP contribution >= 0.6 is 0 Å². The number of carboxylic acids is 2. The maximum Gasteiger partial charge on any atom is 0.326 e. The lowest BCUT2D eigenvalue weighted by atomic mass is 10.0. The van der Waals surface area contributed by atoms with Gasteiger partial charge in [0.05, 0.1) is 18.2 Å². The molecule has 9 N–H and O–H groups in total. The van der Waals surface area contributed by atoms with Gasteiger partial charge in [0, 0.05) is 6.42 Å². The van der Waals surface area contributed by atoms with Crippen LogP contribution in [-0.2, 0) is 24.0 Å². The van der Waals surface area contributed by atoms with Crippen LogP contribution in [0, 0.1) is 5.92 Å². The summed E-state index contributed by atoms with van der Waals surface area (Å²) in [7, 11) is 0. The van der Waals surface area contributed by atoms with Gasteiger partial charge in [0.2, 0.25) is 17.7 Å². The average Bonchev–Trinajstić information content (AvgIpc) is 2.66. The van der Waals surface area contributed by atoms with Crippen molar-refractivity contribution in [1.82, 2.24) is 16.0 Å². The van der Waals surface area contributed by atoms with Crippen molar-refractivity contribution in [2.75, 3.05) is 0 Å². The highest BCUT2D eigenvalue weighted by molar-refractivity contribution is 5.94. The summed E-state index contributed by atoms with van der Waals surface area (Å²) in [6.07, 6.45) is -3.35. The first-order valence-corrected chi connectivity index (χ1v) is 10.1. The van der Waals surface area contributed by atoms with E-state index in [1.165, 1.54) is 13.8 Å². The number of nitrogens with one attached hydrogen (secondary N) is 3. The number of aliphatic hydroxyl groups excluding tert-OH is 2. The summed E-state index contributed by atoms with van der Waals surface area (Å²) in [6.45, 7) is 5.90. The van der Waals surface area contributed by atoms with E-state index < -0.39 is 66.0 Å². The summed E-state index contributed by atoms with van der Waals surface area (Å²) in [6, 6.07) is -5.66. The van der Waals surface area contributed by atoms with Gasteiger partial charge >= 0.3 is 11.9 Å². The number of carbonyl (C=O) groups is 5. The van der Waals surface area contributed by atoms with Crippen molar-refractivity contribution in [3.63, 3.8) is 0 Å². The molecule has 13 nitrogen and oxygen atoms in total. The molecule has 0 aromatic rings. The van der Waals surface area contributed by atoms with E-state index in [-0.39, 0.29) is 25.2 Å². The fourth-order valence-electron chi connectivity index (χ4n) is 2.68. The van der Waals surface area contributed by atoms with Gasteiger partial charge in [-0.25, -0.2) is 4.79 Å². The summed E-state index contributed by atoms with van der Waals surface area (Å²) in [4.78, 5) is 59.2. The van der Waals surface area contributed by atoms with Gasteiger partial charge in [-0.05, 0) is 32.6 Å². The Morgan fingerprint density at radius 2 is 1.22 bits per heavy atom. The third kappa shape index (κ3) is 10.5. The lowest BCUT2D eigenvalue weighted by molar-refractivity contribution is -0.143. The molecule has 0 saturated carbocycles. The number of carboxylic acid groups (broad SMARTS) is 2. The maximum absolute atomic E-state index is 12.6. The van der Waals surface area contributed by atoms with E-state index in [1.54, 1.807) is 13.8 Å². The Bertz CT molecular complexity index is 682. The van der Waals surface area contributed by atoms with Gasteiger partial charge in [-0.1, -0.05) is 13.8 Å². The van der Waals surface area contributed by atoms with Crippen LogP contribution in [0.1, 0.15) is 47.0 Å². The van der Waals surface area contributed by atoms with E-state index in [0.717, 1.165) is 0 Å². The summed E-state index contributed by atoms with van der Waals surface area (Å²) in [5.74, 6) is -5.40. The van der Waals surface area contributed by atoms with Gasteiger partial charge in [0.15, 0.2) is 0 Å². The smallest absolute Gasteiger partial charge is 0.326 e. The van der Waals surface area contributed by atoms with Gasteiger partial charge in [-0.15, -0.1) is 0 Å². The van der Waals surface area contributed by atoms with Crippen molar-refractivity contribution < 1.29 is 44.4 Å². The first-order chi connectivity index (χ1) is 14.7. The van der Waals surface area contributed by atoms with Gasteiger partial charge in [-0.2, -0.15) is 0 Å². The molecule has 0 radical (unpaired) electrons. The molecule has 0 aromatic heterocycles. The van der Waals surface area contributed by atoms with Crippen LogP contribution in [-0.4, -0.2) is 86.5 Å². The van der Waals surface area contributed by atoms with Gasteiger partial charge in [0.1, 0.15) is 18.1 Å². The monoisotopic (exact) mass is 462 g/mol. The lowest BCUT2D eigenvalue weighted by Gasteiger charge is -2.27. The molecule has 0 saturated heterocycles. The van der Waals surface area contributed by atoms with E-state index >= 15 is 0 Å². The lowest BCUT2D eigenvalue weighted by Crippen LogP contribution is -2.61. The molecule has 6 atom stereocenters. The molecule has 0 bridgehead atoms. The van der Waals surface area contributed by atoms with Crippen LogP contribution in [0.15, 0.2) is 0 Å². The van der Waals surface area contributed by atoms with E-state index in [1.807, 2.05) is 0 Å². The molecule has 0 aliphatic rings. The van der Waals surface area contributed by atoms with E-state index in [9.17, 15) is 39.3 Å². The molecule has 0 fully saturated rings. The highest BCUT2D eigenvalue weighted by Gasteiger charge is 2.34. The molecule has 0 aromatic carbocycles. The van der Waals surface area contributed by atoms with Gasteiger partial charge < -0.3 is 42.1 Å². The topological polar surface area (TPSA) is 228 Å². The Labute approximate surface area is 185 Å². The van der Waals surface area contributed by atoms with Crippen molar-refractivity contribution in [3.8, 4) is 0 Å². The van der Waals surface area contributed by atoms with Crippen molar-refractivity contribution >= 4 is 29.7 Å². The SMILES string of the molecule is CC(C)CC(NC(=O)C(NC(=O)C(NC(=O)C(N)CCC(=O)O)C(C)O)C(C)O)C(=O)O. The zero-order valence-corrected chi connectivity index (χ0v) is 18.6. The molecule has 0 heterocycles. The first kappa shape index (κ1) is 29.2. The van der Waals surface area contributed by atoms with Gasteiger partial charge in [0.25, 0.3) is 0 Å².